The van der Waals surface area contributed by atoms with Crippen LogP contribution in [0.4, 0.5) is 11.6 Å². The van der Waals surface area contributed by atoms with E-state index < -0.39 is 0 Å². The minimum atomic E-state index is 0.400. The second-order valence-corrected chi connectivity index (χ2v) is 5.66. The number of nitriles is 1. The van der Waals surface area contributed by atoms with E-state index in [0.717, 1.165) is 31.2 Å². The van der Waals surface area contributed by atoms with E-state index in [1.807, 2.05) is 43.5 Å². The van der Waals surface area contributed by atoms with Gasteiger partial charge in [-0.05, 0) is 43.7 Å². The third-order valence-corrected chi connectivity index (χ3v) is 4.17. The minimum absolute atomic E-state index is 0.400. The summed E-state index contributed by atoms with van der Waals surface area (Å²) < 4.78 is 0. The molecule has 1 aliphatic heterocycles. The molecule has 0 bridgehead atoms. The van der Waals surface area contributed by atoms with Crippen molar-refractivity contribution in [3.8, 4) is 6.07 Å². The topological polar surface area (TPSA) is 56.1 Å². The lowest BCUT2D eigenvalue weighted by Crippen LogP contribution is -2.35. The Kier molecular flexibility index (Phi) is 3.92. The summed E-state index contributed by atoms with van der Waals surface area (Å²) >= 11 is 0. The molecular formula is C17H19N5. The van der Waals surface area contributed by atoms with Crippen LogP contribution in [0, 0.1) is 18.3 Å². The average molecular weight is 293 g/mol. The number of benzene rings is 1. The van der Waals surface area contributed by atoms with Crippen LogP contribution < -0.4 is 9.80 Å². The first kappa shape index (κ1) is 14.3. The molecule has 1 aliphatic rings. The molecule has 22 heavy (non-hydrogen) atoms. The standard InChI is InChI=1S/C17H19N5/c1-13-7-9-19-17(20-13)21(2)16-8-10-22(12-16)15-5-3-14(11-18)4-6-15/h3-7,9,16H,8,10,12H2,1-2H3. The quantitative estimate of drug-likeness (QED) is 0.869. The molecule has 0 N–H and O–H groups in total. The smallest absolute Gasteiger partial charge is 0.225 e. The molecule has 5 heteroatoms. The van der Waals surface area contributed by atoms with Crippen LogP contribution in [0.3, 0.4) is 0 Å². The first-order valence-electron chi connectivity index (χ1n) is 7.45. The van der Waals surface area contributed by atoms with Gasteiger partial charge in [-0.2, -0.15) is 5.26 Å². The molecule has 2 aromatic rings. The van der Waals surface area contributed by atoms with Crippen LogP contribution in [0.1, 0.15) is 17.7 Å². The number of likely N-dealkylation sites (N-methyl/N-ethyl adjacent to an activating group) is 1. The second-order valence-electron chi connectivity index (χ2n) is 5.66. The highest BCUT2D eigenvalue weighted by molar-refractivity contribution is 5.51. The van der Waals surface area contributed by atoms with Gasteiger partial charge in [-0.25, -0.2) is 9.97 Å². The Morgan fingerprint density at radius 2 is 2.05 bits per heavy atom. The Balaban J connectivity index is 1.70. The second kappa shape index (κ2) is 6.02. The highest BCUT2D eigenvalue weighted by atomic mass is 15.3. The average Bonchev–Trinajstić information content (AvgIpc) is 3.04. The zero-order valence-corrected chi connectivity index (χ0v) is 12.9. The Bertz CT molecular complexity index is 689. The Morgan fingerprint density at radius 1 is 1.27 bits per heavy atom. The van der Waals surface area contributed by atoms with Crippen molar-refractivity contribution >= 4 is 11.6 Å². The molecule has 0 aliphatic carbocycles. The fourth-order valence-corrected chi connectivity index (χ4v) is 2.81. The molecule has 2 heterocycles. The zero-order chi connectivity index (χ0) is 15.5. The van der Waals surface area contributed by atoms with Crippen molar-refractivity contribution in [3.63, 3.8) is 0 Å². The van der Waals surface area contributed by atoms with Crippen LogP contribution in [0.15, 0.2) is 36.5 Å². The molecule has 1 fully saturated rings. The lowest BCUT2D eigenvalue weighted by atomic mass is 10.2. The fraction of sp³-hybridized carbons (Fsp3) is 0.353. The van der Waals surface area contributed by atoms with Crippen LogP contribution in [0.25, 0.3) is 0 Å². The summed E-state index contributed by atoms with van der Waals surface area (Å²) in [5.41, 5.74) is 2.85. The molecule has 3 rings (SSSR count). The van der Waals surface area contributed by atoms with E-state index in [1.54, 1.807) is 0 Å². The normalized spacial score (nSPS) is 17.3. The summed E-state index contributed by atoms with van der Waals surface area (Å²) in [6.45, 7) is 3.93. The minimum Gasteiger partial charge on any atom is -0.369 e. The Hall–Kier alpha value is -2.61. The number of aromatic nitrogens is 2. The fourth-order valence-electron chi connectivity index (χ4n) is 2.81. The maximum absolute atomic E-state index is 8.87. The Morgan fingerprint density at radius 3 is 2.73 bits per heavy atom. The number of anilines is 2. The first-order valence-corrected chi connectivity index (χ1v) is 7.45. The monoisotopic (exact) mass is 293 g/mol. The van der Waals surface area contributed by atoms with Crippen molar-refractivity contribution < 1.29 is 0 Å². The van der Waals surface area contributed by atoms with Crippen molar-refractivity contribution in [2.45, 2.75) is 19.4 Å². The Labute approximate surface area is 130 Å². The predicted octanol–water partition coefficient (Wildman–Crippen LogP) is 2.37. The lowest BCUT2D eigenvalue weighted by Gasteiger charge is -2.25. The number of hydrogen-bond donors (Lipinski definition) is 0. The van der Waals surface area contributed by atoms with Gasteiger partial charge in [-0.15, -0.1) is 0 Å². The van der Waals surface area contributed by atoms with E-state index in [-0.39, 0.29) is 0 Å². The van der Waals surface area contributed by atoms with Gasteiger partial charge in [0, 0.05) is 37.7 Å². The van der Waals surface area contributed by atoms with Gasteiger partial charge in [0.15, 0.2) is 0 Å². The molecule has 1 aromatic carbocycles. The van der Waals surface area contributed by atoms with E-state index in [9.17, 15) is 0 Å². The van der Waals surface area contributed by atoms with Gasteiger partial charge >= 0.3 is 0 Å². The van der Waals surface area contributed by atoms with Crippen molar-refractivity contribution in [1.29, 1.82) is 5.26 Å². The van der Waals surface area contributed by atoms with Gasteiger partial charge in [0.1, 0.15) is 0 Å². The largest absolute Gasteiger partial charge is 0.369 e. The maximum Gasteiger partial charge on any atom is 0.225 e. The zero-order valence-electron chi connectivity index (χ0n) is 12.9. The van der Waals surface area contributed by atoms with E-state index in [0.29, 0.717) is 11.6 Å². The van der Waals surface area contributed by atoms with Gasteiger partial charge in [0.25, 0.3) is 0 Å². The molecule has 0 saturated carbocycles. The molecule has 0 amide bonds. The van der Waals surface area contributed by atoms with Crippen molar-refractivity contribution in [2.24, 2.45) is 0 Å². The van der Waals surface area contributed by atoms with Crippen LogP contribution in [0.2, 0.25) is 0 Å². The maximum atomic E-state index is 8.87. The summed E-state index contributed by atoms with van der Waals surface area (Å²) in [6, 6.07) is 12.2. The van der Waals surface area contributed by atoms with Crippen molar-refractivity contribution in [1.82, 2.24) is 9.97 Å². The van der Waals surface area contributed by atoms with Gasteiger partial charge < -0.3 is 9.80 Å². The molecule has 0 spiro atoms. The van der Waals surface area contributed by atoms with E-state index in [1.165, 1.54) is 5.69 Å². The summed E-state index contributed by atoms with van der Waals surface area (Å²) in [4.78, 5) is 13.4. The molecule has 112 valence electrons. The molecule has 5 nitrogen and oxygen atoms in total. The number of nitrogens with zero attached hydrogens (tertiary/aromatic N) is 5. The molecule has 0 radical (unpaired) electrons. The number of rotatable bonds is 3. The van der Waals surface area contributed by atoms with Gasteiger partial charge in [-0.3, -0.25) is 0 Å². The molecular weight excluding hydrogens is 274 g/mol. The third kappa shape index (κ3) is 2.86. The lowest BCUT2D eigenvalue weighted by molar-refractivity contribution is 0.673. The van der Waals surface area contributed by atoms with Crippen LogP contribution in [-0.2, 0) is 0 Å². The summed E-state index contributed by atoms with van der Waals surface area (Å²) in [5.74, 6) is 0.784. The van der Waals surface area contributed by atoms with Crippen molar-refractivity contribution in [2.75, 3.05) is 29.9 Å². The number of hydrogen-bond acceptors (Lipinski definition) is 5. The predicted molar refractivity (Wildman–Crippen MR) is 86.9 cm³/mol. The molecule has 1 saturated heterocycles. The SMILES string of the molecule is Cc1ccnc(N(C)C2CCN(c3ccc(C#N)cc3)C2)n1. The molecule has 1 unspecified atom stereocenters. The van der Waals surface area contributed by atoms with E-state index in [4.69, 9.17) is 5.26 Å². The van der Waals surface area contributed by atoms with Gasteiger partial charge in [0.2, 0.25) is 5.95 Å². The number of aryl methyl sites for hydroxylation is 1. The van der Waals surface area contributed by atoms with Gasteiger partial charge in [0.05, 0.1) is 17.7 Å². The highest BCUT2D eigenvalue weighted by Gasteiger charge is 2.27. The van der Waals surface area contributed by atoms with E-state index >= 15 is 0 Å². The highest BCUT2D eigenvalue weighted by Crippen LogP contribution is 2.24. The third-order valence-electron chi connectivity index (χ3n) is 4.17. The summed E-state index contributed by atoms with van der Waals surface area (Å²) in [5, 5.41) is 8.87. The van der Waals surface area contributed by atoms with Crippen LogP contribution in [0.5, 0.6) is 0 Å². The summed E-state index contributed by atoms with van der Waals surface area (Å²) in [7, 11) is 2.06. The van der Waals surface area contributed by atoms with E-state index in [2.05, 4.69) is 32.9 Å². The first-order chi connectivity index (χ1) is 10.7. The van der Waals surface area contributed by atoms with Crippen LogP contribution in [-0.4, -0.2) is 36.1 Å². The van der Waals surface area contributed by atoms with Gasteiger partial charge in [-0.1, -0.05) is 0 Å². The summed E-state index contributed by atoms with van der Waals surface area (Å²) in [6.07, 6.45) is 2.88. The van der Waals surface area contributed by atoms with Crippen LogP contribution >= 0.6 is 0 Å². The molecule has 1 atom stereocenters. The van der Waals surface area contributed by atoms with Crippen molar-refractivity contribution in [3.05, 3.63) is 47.8 Å². The molecule has 1 aromatic heterocycles.